The van der Waals surface area contributed by atoms with Crippen LogP contribution in [-0.4, -0.2) is 24.6 Å². The fraction of sp³-hybridized carbons (Fsp3) is 0.263. The Morgan fingerprint density at radius 1 is 1.00 bits per heavy atom. The first-order chi connectivity index (χ1) is 12.8. The topological polar surface area (TPSA) is 67.4 Å². The van der Waals surface area contributed by atoms with Gasteiger partial charge in [-0.1, -0.05) is 12.1 Å². The monoisotopic (exact) mass is 378 g/mol. The van der Waals surface area contributed by atoms with Crippen LogP contribution in [0.15, 0.2) is 48.5 Å². The molecule has 0 spiro atoms. The van der Waals surface area contributed by atoms with Crippen molar-refractivity contribution in [1.82, 2.24) is 0 Å². The zero-order valence-electron chi connectivity index (χ0n) is 14.2. The van der Waals surface area contributed by atoms with Gasteiger partial charge in [0.1, 0.15) is 5.75 Å². The van der Waals surface area contributed by atoms with Crippen molar-refractivity contribution in [1.29, 1.82) is 0 Å². The van der Waals surface area contributed by atoms with Crippen LogP contribution in [0, 0.1) is 5.92 Å². The van der Waals surface area contributed by atoms with Gasteiger partial charge in [0, 0.05) is 17.2 Å². The van der Waals surface area contributed by atoms with E-state index in [2.05, 4.69) is 10.6 Å². The second kappa shape index (κ2) is 7.69. The predicted molar refractivity (Wildman–Crippen MR) is 93.7 cm³/mol. The number of ether oxygens (including phenoxy) is 1. The van der Waals surface area contributed by atoms with Crippen LogP contribution in [0.2, 0.25) is 0 Å². The molecular formula is C19H17F3N2O3. The van der Waals surface area contributed by atoms with Crippen molar-refractivity contribution >= 4 is 23.2 Å². The number of halogens is 3. The summed E-state index contributed by atoms with van der Waals surface area (Å²) in [6.07, 6.45) is -2.69. The number of hydrogen-bond acceptors (Lipinski definition) is 3. The molecule has 0 bridgehead atoms. The number of hydrogen-bond donors (Lipinski definition) is 2. The summed E-state index contributed by atoms with van der Waals surface area (Å²) in [6.45, 7) is -1.45. The van der Waals surface area contributed by atoms with Gasteiger partial charge in [-0.2, -0.15) is 13.2 Å². The maximum atomic E-state index is 12.3. The molecule has 1 fully saturated rings. The molecule has 0 radical (unpaired) electrons. The van der Waals surface area contributed by atoms with Gasteiger partial charge in [0.15, 0.2) is 6.61 Å². The lowest BCUT2D eigenvalue weighted by atomic mass is 10.2. The SMILES string of the molecule is O=C(Nc1ccccc1OCC(F)(F)F)c1ccc(NC(=O)C2CC2)cc1. The highest BCUT2D eigenvalue weighted by Gasteiger charge is 2.30. The van der Waals surface area contributed by atoms with E-state index in [1.807, 2.05) is 0 Å². The molecule has 142 valence electrons. The fourth-order valence-corrected chi connectivity index (χ4v) is 2.34. The minimum atomic E-state index is -4.47. The van der Waals surface area contributed by atoms with Crippen molar-refractivity contribution in [3.05, 3.63) is 54.1 Å². The van der Waals surface area contributed by atoms with Gasteiger partial charge in [-0.05, 0) is 49.2 Å². The highest BCUT2D eigenvalue weighted by atomic mass is 19.4. The first-order valence-corrected chi connectivity index (χ1v) is 8.33. The van der Waals surface area contributed by atoms with Gasteiger partial charge in [0.05, 0.1) is 5.69 Å². The first kappa shape index (κ1) is 18.8. The lowest BCUT2D eigenvalue weighted by Gasteiger charge is -2.14. The summed E-state index contributed by atoms with van der Waals surface area (Å²) in [5.41, 5.74) is 1.01. The van der Waals surface area contributed by atoms with E-state index in [-0.39, 0.29) is 23.3 Å². The molecule has 8 heteroatoms. The van der Waals surface area contributed by atoms with E-state index in [0.29, 0.717) is 11.3 Å². The number of carbonyl (C=O) groups excluding carboxylic acids is 2. The molecule has 27 heavy (non-hydrogen) atoms. The molecule has 1 aliphatic carbocycles. The maximum absolute atomic E-state index is 12.3. The highest BCUT2D eigenvalue weighted by Crippen LogP contribution is 2.30. The van der Waals surface area contributed by atoms with Crippen LogP contribution >= 0.6 is 0 Å². The molecule has 5 nitrogen and oxygen atoms in total. The van der Waals surface area contributed by atoms with Gasteiger partial charge in [-0.15, -0.1) is 0 Å². The third-order valence-electron chi connectivity index (χ3n) is 3.89. The van der Waals surface area contributed by atoms with Gasteiger partial charge in [0.2, 0.25) is 5.91 Å². The van der Waals surface area contributed by atoms with Crippen LogP contribution in [0.1, 0.15) is 23.2 Å². The van der Waals surface area contributed by atoms with E-state index in [1.165, 1.54) is 30.3 Å². The number of alkyl halides is 3. The number of benzene rings is 2. The Morgan fingerprint density at radius 3 is 2.30 bits per heavy atom. The van der Waals surface area contributed by atoms with Crippen LogP contribution in [0.5, 0.6) is 5.75 Å². The number of amides is 2. The Balaban J connectivity index is 1.64. The summed E-state index contributed by atoms with van der Waals surface area (Å²) in [6, 6.07) is 12.1. The van der Waals surface area contributed by atoms with Crippen LogP contribution in [0.4, 0.5) is 24.5 Å². The third kappa shape index (κ3) is 5.47. The van der Waals surface area contributed by atoms with E-state index in [9.17, 15) is 22.8 Å². The number of para-hydroxylation sites is 2. The second-order valence-corrected chi connectivity index (χ2v) is 6.20. The molecule has 2 aromatic carbocycles. The van der Waals surface area contributed by atoms with Crippen molar-refractivity contribution in [2.45, 2.75) is 19.0 Å². The molecular weight excluding hydrogens is 361 g/mol. The Kier molecular flexibility index (Phi) is 5.34. The van der Waals surface area contributed by atoms with E-state index in [1.54, 1.807) is 18.2 Å². The standard InChI is InChI=1S/C19H17F3N2O3/c20-19(21,22)11-27-16-4-2-1-3-15(16)24-18(26)13-7-9-14(10-8-13)23-17(25)12-5-6-12/h1-4,7-10,12H,5-6,11H2,(H,23,25)(H,24,26). The number of carbonyl (C=O) groups is 2. The largest absolute Gasteiger partial charge is 0.482 e. The first-order valence-electron chi connectivity index (χ1n) is 8.33. The van der Waals surface area contributed by atoms with Crippen LogP contribution in [-0.2, 0) is 4.79 Å². The summed E-state index contributed by atoms with van der Waals surface area (Å²) in [5, 5.41) is 5.30. The average Bonchev–Trinajstić information content (AvgIpc) is 3.46. The van der Waals surface area contributed by atoms with E-state index in [0.717, 1.165) is 12.8 Å². The lowest BCUT2D eigenvalue weighted by Crippen LogP contribution is -2.20. The predicted octanol–water partition coefficient (Wildman–Crippen LogP) is 4.23. The zero-order chi connectivity index (χ0) is 19.4. The van der Waals surface area contributed by atoms with E-state index >= 15 is 0 Å². The minimum Gasteiger partial charge on any atom is -0.482 e. The summed E-state index contributed by atoms with van der Waals surface area (Å²) in [5.74, 6) is -0.543. The van der Waals surface area contributed by atoms with E-state index in [4.69, 9.17) is 4.74 Å². The quantitative estimate of drug-likeness (QED) is 0.791. The van der Waals surface area contributed by atoms with Crippen LogP contribution in [0.25, 0.3) is 0 Å². The molecule has 0 unspecified atom stereocenters. The molecule has 2 amide bonds. The summed E-state index contributed by atoms with van der Waals surface area (Å²) >= 11 is 0. The summed E-state index contributed by atoms with van der Waals surface area (Å²) in [7, 11) is 0. The third-order valence-corrected chi connectivity index (χ3v) is 3.89. The number of nitrogens with one attached hydrogen (secondary N) is 2. The molecule has 3 rings (SSSR count). The normalized spacial score (nSPS) is 13.7. The van der Waals surface area contributed by atoms with Gasteiger partial charge >= 0.3 is 6.18 Å². The highest BCUT2D eigenvalue weighted by molar-refractivity contribution is 6.05. The molecule has 2 aromatic rings. The molecule has 0 aliphatic heterocycles. The fourth-order valence-electron chi connectivity index (χ4n) is 2.34. The lowest BCUT2D eigenvalue weighted by molar-refractivity contribution is -0.153. The van der Waals surface area contributed by atoms with Crippen molar-refractivity contribution < 1.29 is 27.5 Å². The van der Waals surface area contributed by atoms with Gasteiger partial charge < -0.3 is 15.4 Å². The average molecular weight is 378 g/mol. The van der Waals surface area contributed by atoms with Crippen LogP contribution in [0.3, 0.4) is 0 Å². The Bertz CT molecular complexity index is 831. The summed E-state index contributed by atoms with van der Waals surface area (Å²) < 4.78 is 41.8. The Hall–Kier alpha value is -3.03. The van der Waals surface area contributed by atoms with E-state index < -0.39 is 18.7 Å². The van der Waals surface area contributed by atoms with Crippen molar-refractivity contribution in [3.63, 3.8) is 0 Å². The molecule has 0 aromatic heterocycles. The Labute approximate surface area is 153 Å². The van der Waals surface area contributed by atoms with Crippen molar-refractivity contribution in [2.24, 2.45) is 5.92 Å². The van der Waals surface area contributed by atoms with Gasteiger partial charge in [-0.3, -0.25) is 9.59 Å². The second-order valence-electron chi connectivity index (χ2n) is 6.20. The molecule has 0 saturated heterocycles. The molecule has 1 saturated carbocycles. The maximum Gasteiger partial charge on any atom is 0.422 e. The van der Waals surface area contributed by atoms with Crippen molar-refractivity contribution in [2.75, 3.05) is 17.2 Å². The summed E-state index contributed by atoms with van der Waals surface area (Å²) in [4.78, 5) is 24.1. The van der Waals surface area contributed by atoms with Crippen LogP contribution < -0.4 is 15.4 Å². The molecule has 0 heterocycles. The van der Waals surface area contributed by atoms with Crippen molar-refractivity contribution in [3.8, 4) is 5.75 Å². The molecule has 0 atom stereocenters. The number of anilines is 2. The molecule has 1 aliphatic rings. The van der Waals surface area contributed by atoms with Gasteiger partial charge in [0.25, 0.3) is 5.91 Å². The Morgan fingerprint density at radius 2 is 1.67 bits per heavy atom. The molecule has 2 N–H and O–H groups in total. The number of rotatable bonds is 6. The zero-order valence-corrected chi connectivity index (χ0v) is 14.2. The smallest absolute Gasteiger partial charge is 0.422 e. The minimum absolute atomic E-state index is 0.0389. The van der Waals surface area contributed by atoms with Gasteiger partial charge in [-0.25, -0.2) is 0 Å².